The molecule has 0 aliphatic heterocycles. The first-order valence-corrected chi connectivity index (χ1v) is 8.26. The van der Waals surface area contributed by atoms with E-state index in [2.05, 4.69) is 20.8 Å². The van der Waals surface area contributed by atoms with Crippen molar-refractivity contribution >= 4 is 28.7 Å². The number of carboxylic acid groups (broad SMARTS) is 1. The molecule has 0 spiro atoms. The molecule has 0 aliphatic rings. The molecule has 8 heteroatoms. The van der Waals surface area contributed by atoms with Gasteiger partial charge in [-0.15, -0.1) is 0 Å². The van der Waals surface area contributed by atoms with Gasteiger partial charge in [0.05, 0.1) is 5.52 Å². The van der Waals surface area contributed by atoms with Crippen molar-refractivity contribution in [3.05, 3.63) is 30.0 Å². The standard InChI is InChI=1S/C17H22N4O4/c1-2-3-7-13(17(24)25)19-14(22)9-10-18-16(23)15-11-6-4-5-8-12(11)20-21-15/h4-6,8,13H,2-3,7,9-10H2,1H3,(H,18,23)(H,19,22)(H,20,21)(H,24,25)/t13-/m0/s1. The Morgan fingerprint density at radius 3 is 2.76 bits per heavy atom. The number of aliphatic carboxylic acids is 1. The summed E-state index contributed by atoms with van der Waals surface area (Å²) in [6, 6.07) is 6.35. The Morgan fingerprint density at radius 1 is 1.28 bits per heavy atom. The number of hydrogen-bond acceptors (Lipinski definition) is 4. The average molecular weight is 346 g/mol. The van der Waals surface area contributed by atoms with Crippen molar-refractivity contribution in [2.45, 2.75) is 38.6 Å². The summed E-state index contributed by atoms with van der Waals surface area (Å²) in [6.45, 7) is 2.06. The number of aromatic amines is 1. The minimum Gasteiger partial charge on any atom is -0.480 e. The van der Waals surface area contributed by atoms with Crippen molar-refractivity contribution in [1.29, 1.82) is 0 Å². The second-order valence-corrected chi connectivity index (χ2v) is 5.72. The quantitative estimate of drug-likeness (QED) is 0.547. The molecule has 1 aromatic heterocycles. The molecule has 0 unspecified atom stereocenters. The van der Waals surface area contributed by atoms with Gasteiger partial charge in [-0.3, -0.25) is 14.7 Å². The van der Waals surface area contributed by atoms with Crippen LogP contribution in [0.4, 0.5) is 0 Å². The Kier molecular flexibility index (Phi) is 6.50. The van der Waals surface area contributed by atoms with Crippen molar-refractivity contribution in [3.8, 4) is 0 Å². The van der Waals surface area contributed by atoms with Crippen molar-refractivity contribution < 1.29 is 19.5 Å². The van der Waals surface area contributed by atoms with Crippen LogP contribution in [0.1, 0.15) is 43.1 Å². The molecule has 1 aromatic carbocycles. The van der Waals surface area contributed by atoms with E-state index in [9.17, 15) is 14.4 Å². The number of fused-ring (bicyclic) bond motifs is 1. The number of rotatable bonds is 9. The molecule has 2 aromatic rings. The zero-order valence-corrected chi connectivity index (χ0v) is 14.0. The largest absolute Gasteiger partial charge is 0.480 e. The first-order valence-electron chi connectivity index (χ1n) is 8.26. The molecule has 0 saturated heterocycles. The number of H-pyrrole nitrogens is 1. The van der Waals surface area contributed by atoms with E-state index in [-0.39, 0.29) is 24.6 Å². The van der Waals surface area contributed by atoms with E-state index in [1.165, 1.54) is 0 Å². The Hall–Kier alpha value is -2.90. The maximum Gasteiger partial charge on any atom is 0.326 e. The number of nitrogens with one attached hydrogen (secondary N) is 3. The van der Waals surface area contributed by atoms with Gasteiger partial charge < -0.3 is 15.7 Å². The SMILES string of the molecule is CCCC[C@H](NC(=O)CCNC(=O)c1n[nH]c2ccccc12)C(=O)O. The number of carboxylic acids is 1. The zero-order chi connectivity index (χ0) is 18.2. The summed E-state index contributed by atoms with van der Waals surface area (Å²) >= 11 is 0. The van der Waals surface area contributed by atoms with E-state index >= 15 is 0 Å². The molecule has 8 nitrogen and oxygen atoms in total. The molecule has 2 rings (SSSR count). The van der Waals surface area contributed by atoms with Gasteiger partial charge in [-0.2, -0.15) is 5.10 Å². The topological polar surface area (TPSA) is 124 Å². The summed E-state index contributed by atoms with van der Waals surface area (Å²) in [4.78, 5) is 35.1. The molecule has 134 valence electrons. The number of unbranched alkanes of at least 4 members (excludes halogenated alkanes) is 1. The molecule has 4 N–H and O–H groups in total. The Balaban J connectivity index is 1.82. The number of aromatic nitrogens is 2. The molecular weight excluding hydrogens is 324 g/mol. The lowest BCUT2D eigenvalue weighted by Crippen LogP contribution is -2.42. The first-order chi connectivity index (χ1) is 12.0. The van der Waals surface area contributed by atoms with Crippen LogP contribution in [0.2, 0.25) is 0 Å². The Labute approximate surface area is 145 Å². The van der Waals surface area contributed by atoms with Gasteiger partial charge in [-0.1, -0.05) is 38.0 Å². The van der Waals surface area contributed by atoms with E-state index < -0.39 is 17.9 Å². The van der Waals surface area contributed by atoms with Crippen LogP contribution in [0.3, 0.4) is 0 Å². The van der Waals surface area contributed by atoms with Gasteiger partial charge in [-0.25, -0.2) is 4.79 Å². The molecule has 0 radical (unpaired) electrons. The summed E-state index contributed by atoms with van der Waals surface area (Å²) in [7, 11) is 0. The highest BCUT2D eigenvalue weighted by atomic mass is 16.4. The van der Waals surface area contributed by atoms with Crippen molar-refractivity contribution in [1.82, 2.24) is 20.8 Å². The maximum atomic E-state index is 12.2. The highest BCUT2D eigenvalue weighted by molar-refractivity contribution is 6.04. The normalized spacial score (nSPS) is 11.9. The van der Waals surface area contributed by atoms with Crippen LogP contribution < -0.4 is 10.6 Å². The van der Waals surface area contributed by atoms with Crippen molar-refractivity contribution in [2.24, 2.45) is 0 Å². The second kappa shape index (κ2) is 8.81. The third kappa shape index (κ3) is 5.03. The van der Waals surface area contributed by atoms with Gasteiger partial charge in [0.25, 0.3) is 5.91 Å². The monoisotopic (exact) mass is 346 g/mol. The third-order valence-corrected chi connectivity index (χ3v) is 3.80. The van der Waals surface area contributed by atoms with E-state index in [4.69, 9.17) is 5.11 Å². The lowest BCUT2D eigenvalue weighted by molar-refractivity contribution is -0.142. The molecule has 1 heterocycles. The number of hydrogen-bond donors (Lipinski definition) is 4. The zero-order valence-electron chi connectivity index (χ0n) is 14.0. The number of amides is 2. The predicted molar refractivity (Wildman–Crippen MR) is 92.1 cm³/mol. The fraction of sp³-hybridized carbons (Fsp3) is 0.412. The fourth-order valence-electron chi connectivity index (χ4n) is 2.44. The van der Waals surface area contributed by atoms with E-state index in [1.54, 1.807) is 6.07 Å². The van der Waals surface area contributed by atoms with Gasteiger partial charge in [0, 0.05) is 18.4 Å². The van der Waals surface area contributed by atoms with E-state index in [0.717, 1.165) is 18.4 Å². The highest BCUT2D eigenvalue weighted by Crippen LogP contribution is 2.14. The van der Waals surface area contributed by atoms with Crippen LogP contribution in [0, 0.1) is 0 Å². The molecule has 0 fully saturated rings. The van der Waals surface area contributed by atoms with Crippen LogP contribution >= 0.6 is 0 Å². The number of nitrogens with zero attached hydrogens (tertiary/aromatic N) is 1. The van der Waals surface area contributed by atoms with Gasteiger partial charge in [0.2, 0.25) is 5.91 Å². The van der Waals surface area contributed by atoms with Crippen LogP contribution in [-0.4, -0.2) is 45.7 Å². The minimum absolute atomic E-state index is 0.00397. The highest BCUT2D eigenvalue weighted by Gasteiger charge is 2.19. The molecule has 25 heavy (non-hydrogen) atoms. The number of para-hydroxylation sites is 1. The third-order valence-electron chi connectivity index (χ3n) is 3.80. The molecule has 0 bridgehead atoms. The average Bonchev–Trinajstić information content (AvgIpc) is 3.02. The van der Waals surface area contributed by atoms with Crippen LogP contribution in [-0.2, 0) is 9.59 Å². The van der Waals surface area contributed by atoms with E-state index in [1.807, 2.05) is 25.1 Å². The summed E-state index contributed by atoms with van der Waals surface area (Å²) in [5, 5.41) is 21.7. The number of carbonyl (C=O) groups is 3. The smallest absolute Gasteiger partial charge is 0.326 e. The Morgan fingerprint density at radius 2 is 2.04 bits per heavy atom. The lowest BCUT2D eigenvalue weighted by Gasteiger charge is -2.14. The first kappa shape index (κ1) is 18.4. The van der Waals surface area contributed by atoms with Crippen LogP contribution in [0.25, 0.3) is 10.9 Å². The molecule has 0 aliphatic carbocycles. The van der Waals surface area contributed by atoms with Crippen LogP contribution in [0.15, 0.2) is 24.3 Å². The maximum absolute atomic E-state index is 12.2. The van der Waals surface area contributed by atoms with Crippen molar-refractivity contribution in [2.75, 3.05) is 6.54 Å². The minimum atomic E-state index is -1.05. The van der Waals surface area contributed by atoms with Gasteiger partial charge in [0.15, 0.2) is 5.69 Å². The molecular formula is C17H22N4O4. The summed E-state index contributed by atoms with van der Waals surface area (Å²) in [5.41, 5.74) is 1.02. The molecule has 2 amide bonds. The summed E-state index contributed by atoms with van der Waals surface area (Å²) in [6.07, 6.45) is 1.97. The van der Waals surface area contributed by atoms with Crippen LogP contribution in [0.5, 0.6) is 0 Å². The summed E-state index contributed by atoms with van der Waals surface area (Å²) in [5.74, 6) is -1.84. The second-order valence-electron chi connectivity index (χ2n) is 5.72. The summed E-state index contributed by atoms with van der Waals surface area (Å²) < 4.78 is 0. The number of carbonyl (C=O) groups excluding carboxylic acids is 2. The Bertz CT molecular complexity index is 756. The predicted octanol–water partition coefficient (Wildman–Crippen LogP) is 1.44. The van der Waals surface area contributed by atoms with Gasteiger partial charge >= 0.3 is 5.97 Å². The molecule has 0 saturated carbocycles. The van der Waals surface area contributed by atoms with E-state index in [0.29, 0.717) is 11.8 Å². The van der Waals surface area contributed by atoms with Gasteiger partial charge in [-0.05, 0) is 12.5 Å². The number of benzene rings is 1. The van der Waals surface area contributed by atoms with Gasteiger partial charge in [0.1, 0.15) is 6.04 Å². The molecule has 1 atom stereocenters. The lowest BCUT2D eigenvalue weighted by atomic mass is 10.1. The van der Waals surface area contributed by atoms with Crippen molar-refractivity contribution in [3.63, 3.8) is 0 Å². The fourth-order valence-corrected chi connectivity index (χ4v) is 2.44.